The molecule has 0 radical (unpaired) electrons. The number of aryl methyl sites for hydroxylation is 1. The molecule has 0 spiro atoms. The average Bonchev–Trinajstić information content (AvgIpc) is 2.47. The highest BCUT2D eigenvalue weighted by Crippen LogP contribution is 2.26. The summed E-state index contributed by atoms with van der Waals surface area (Å²) in [5, 5.41) is 0.723. The first kappa shape index (κ1) is 15.2. The van der Waals surface area contributed by atoms with Crippen molar-refractivity contribution >= 4 is 24.0 Å². The first-order valence-corrected chi connectivity index (χ1v) is 7.00. The third-order valence-corrected chi connectivity index (χ3v) is 3.82. The minimum atomic E-state index is 0. The fourth-order valence-electron chi connectivity index (χ4n) is 2.57. The molecule has 0 amide bonds. The van der Waals surface area contributed by atoms with Gasteiger partial charge in [-0.2, -0.15) is 0 Å². The van der Waals surface area contributed by atoms with Crippen LogP contribution in [0.3, 0.4) is 0 Å². The molecule has 0 saturated heterocycles. The van der Waals surface area contributed by atoms with Crippen LogP contribution in [-0.2, 0) is 19.4 Å². The quantitative estimate of drug-likeness (QED) is 0.923. The van der Waals surface area contributed by atoms with E-state index < -0.39 is 0 Å². The molecule has 0 bridgehead atoms. The molecule has 5 heteroatoms. The number of nitrogens with zero attached hydrogens (tertiary/aromatic N) is 2. The van der Waals surface area contributed by atoms with Crippen LogP contribution in [-0.4, -0.2) is 9.97 Å². The van der Waals surface area contributed by atoms with Crippen LogP contribution >= 0.6 is 24.0 Å². The summed E-state index contributed by atoms with van der Waals surface area (Å²) in [6, 6.07) is 7.63. The normalized spacial score (nSPS) is 13.5. The minimum absolute atomic E-state index is 0. The number of halogens is 2. The van der Waals surface area contributed by atoms with E-state index in [9.17, 15) is 0 Å². The summed E-state index contributed by atoms with van der Waals surface area (Å²) in [6.07, 6.45) is 4.51. The summed E-state index contributed by atoms with van der Waals surface area (Å²) in [7, 11) is 0. The van der Waals surface area contributed by atoms with E-state index in [0.717, 1.165) is 34.9 Å². The van der Waals surface area contributed by atoms with E-state index in [0.29, 0.717) is 6.54 Å². The molecule has 0 unspecified atom stereocenters. The van der Waals surface area contributed by atoms with Crippen molar-refractivity contribution in [1.29, 1.82) is 0 Å². The van der Waals surface area contributed by atoms with Crippen molar-refractivity contribution in [3.8, 4) is 11.4 Å². The molecular weight excluding hydrogens is 293 g/mol. The lowest BCUT2D eigenvalue weighted by Crippen LogP contribution is -2.14. The van der Waals surface area contributed by atoms with E-state index in [4.69, 9.17) is 22.3 Å². The van der Waals surface area contributed by atoms with Crippen molar-refractivity contribution in [2.75, 3.05) is 0 Å². The van der Waals surface area contributed by atoms with Gasteiger partial charge in [-0.3, -0.25) is 0 Å². The predicted octanol–water partition coefficient (Wildman–Crippen LogP) is 3.56. The van der Waals surface area contributed by atoms with Crippen LogP contribution in [0.5, 0.6) is 0 Å². The fourth-order valence-corrected chi connectivity index (χ4v) is 2.69. The molecule has 3 rings (SSSR count). The van der Waals surface area contributed by atoms with Crippen molar-refractivity contribution in [2.45, 2.75) is 32.2 Å². The summed E-state index contributed by atoms with van der Waals surface area (Å²) in [4.78, 5) is 9.34. The number of hydrogen-bond donors (Lipinski definition) is 1. The topological polar surface area (TPSA) is 51.8 Å². The van der Waals surface area contributed by atoms with Crippen LogP contribution < -0.4 is 5.73 Å². The maximum absolute atomic E-state index is 5.91. The zero-order valence-electron chi connectivity index (χ0n) is 11.1. The lowest BCUT2D eigenvalue weighted by atomic mass is 9.94. The number of hydrogen-bond acceptors (Lipinski definition) is 3. The molecule has 1 heterocycles. The van der Waals surface area contributed by atoms with E-state index in [1.807, 2.05) is 24.3 Å². The molecule has 20 heavy (non-hydrogen) atoms. The molecule has 0 aliphatic heterocycles. The third-order valence-electron chi connectivity index (χ3n) is 3.56. The second-order valence-corrected chi connectivity index (χ2v) is 5.27. The van der Waals surface area contributed by atoms with Gasteiger partial charge >= 0.3 is 0 Å². The van der Waals surface area contributed by atoms with E-state index >= 15 is 0 Å². The Kier molecular flexibility index (Phi) is 4.97. The van der Waals surface area contributed by atoms with E-state index in [-0.39, 0.29) is 12.4 Å². The first-order chi connectivity index (χ1) is 9.28. The third kappa shape index (κ3) is 2.95. The zero-order valence-corrected chi connectivity index (χ0v) is 12.7. The van der Waals surface area contributed by atoms with Gasteiger partial charge in [-0.1, -0.05) is 11.6 Å². The second kappa shape index (κ2) is 6.53. The summed E-state index contributed by atoms with van der Waals surface area (Å²) < 4.78 is 0. The number of aromatic nitrogens is 2. The molecule has 0 saturated carbocycles. The van der Waals surface area contributed by atoms with Crippen molar-refractivity contribution in [2.24, 2.45) is 5.73 Å². The summed E-state index contributed by atoms with van der Waals surface area (Å²) >= 11 is 5.91. The fraction of sp³-hybridized carbons (Fsp3) is 0.333. The monoisotopic (exact) mass is 309 g/mol. The van der Waals surface area contributed by atoms with Gasteiger partial charge in [-0.05, 0) is 55.5 Å². The Morgan fingerprint density at radius 3 is 2.45 bits per heavy atom. The molecule has 106 valence electrons. The SMILES string of the molecule is Cl.NCc1nc(-c2ccc(Cl)cc2)nc2c1CCCC2. The summed E-state index contributed by atoms with van der Waals surface area (Å²) in [5.74, 6) is 0.762. The van der Waals surface area contributed by atoms with Gasteiger partial charge in [0.2, 0.25) is 0 Å². The van der Waals surface area contributed by atoms with Crippen LogP contribution in [0.25, 0.3) is 11.4 Å². The van der Waals surface area contributed by atoms with E-state index in [1.165, 1.54) is 24.1 Å². The van der Waals surface area contributed by atoms with Crippen LogP contribution in [0.15, 0.2) is 24.3 Å². The highest BCUT2D eigenvalue weighted by molar-refractivity contribution is 6.30. The molecule has 1 aromatic heterocycles. The Morgan fingerprint density at radius 2 is 1.75 bits per heavy atom. The number of benzene rings is 1. The standard InChI is InChI=1S/C15H16ClN3.ClH/c16-11-7-5-10(6-8-11)15-18-13-4-2-1-3-12(13)14(9-17)19-15;/h5-8H,1-4,9,17H2;1H. The van der Waals surface area contributed by atoms with Crippen molar-refractivity contribution in [3.05, 3.63) is 46.2 Å². The molecule has 0 atom stereocenters. The zero-order chi connectivity index (χ0) is 13.2. The minimum Gasteiger partial charge on any atom is -0.325 e. The second-order valence-electron chi connectivity index (χ2n) is 4.84. The molecule has 0 fully saturated rings. The molecule has 2 N–H and O–H groups in total. The average molecular weight is 310 g/mol. The predicted molar refractivity (Wildman–Crippen MR) is 84.3 cm³/mol. The van der Waals surface area contributed by atoms with Gasteiger partial charge in [0.15, 0.2) is 5.82 Å². The Bertz CT molecular complexity index is 580. The Balaban J connectivity index is 0.00000147. The Morgan fingerprint density at radius 1 is 1.05 bits per heavy atom. The van der Waals surface area contributed by atoms with Crippen molar-refractivity contribution in [1.82, 2.24) is 9.97 Å². The molecule has 1 aromatic carbocycles. The molecule has 3 nitrogen and oxygen atoms in total. The largest absolute Gasteiger partial charge is 0.325 e. The van der Waals surface area contributed by atoms with Crippen LogP contribution in [0.4, 0.5) is 0 Å². The van der Waals surface area contributed by atoms with Crippen LogP contribution in [0.2, 0.25) is 5.02 Å². The molecule has 1 aliphatic rings. The van der Waals surface area contributed by atoms with E-state index in [1.54, 1.807) is 0 Å². The number of nitrogens with two attached hydrogens (primary N) is 1. The number of fused-ring (bicyclic) bond motifs is 1. The Labute approximate surface area is 130 Å². The van der Waals surface area contributed by atoms with Crippen molar-refractivity contribution < 1.29 is 0 Å². The van der Waals surface area contributed by atoms with Gasteiger partial charge in [0, 0.05) is 22.8 Å². The molecule has 1 aliphatic carbocycles. The van der Waals surface area contributed by atoms with Crippen LogP contribution in [0.1, 0.15) is 29.8 Å². The molecule has 2 aromatic rings. The van der Waals surface area contributed by atoms with Gasteiger partial charge in [-0.15, -0.1) is 12.4 Å². The van der Waals surface area contributed by atoms with Crippen molar-refractivity contribution in [3.63, 3.8) is 0 Å². The lowest BCUT2D eigenvalue weighted by Gasteiger charge is -2.18. The van der Waals surface area contributed by atoms with Gasteiger partial charge in [0.1, 0.15) is 0 Å². The summed E-state index contributed by atoms with van der Waals surface area (Å²) in [5.41, 5.74) is 10.3. The van der Waals surface area contributed by atoms with Gasteiger partial charge in [0.25, 0.3) is 0 Å². The highest BCUT2D eigenvalue weighted by atomic mass is 35.5. The van der Waals surface area contributed by atoms with E-state index in [2.05, 4.69) is 4.98 Å². The Hall–Kier alpha value is -1.16. The summed E-state index contributed by atoms with van der Waals surface area (Å²) in [6.45, 7) is 0.478. The van der Waals surface area contributed by atoms with Gasteiger partial charge < -0.3 is 5.73 Å². The maximum Gasteiger partial charge on any atom is 0.159 e. The number of rotatable bonds is 2. The van der Waals surface area contributed by atoms with Crippen LogP contribution in [0, 0.1) is 0 Å². The van der Waals surface area contributed by atoms with Gasteiger partial charge in [-0.25, -0.2) is 9.97 Å². The maximum atomic E-state index is 5.91. The molecular formula is C15H17Cl2N3. The first-order valence-electron chi connectivity index (χ1n) is 6.62. The smallest absolute Gasteiger partial charge is 0.159 e. The van der Waals surface area contributed by atoms with Gasteiger partial charge in [0.05, 0.1) is 5.69 Å². The lowest BCUT2D eigenvalue weighted by molar-refractivity contribution is 0.652. The highest BCUT2D eigenvalue weighted by Gasteiger charge is 2.17.